The van der Waals surface area contributed by atoms with E-state index in [1.807, 2.05) is 0 Å². The van der Waals surface area contributed by atoms with Crippen molar-refractivity contribution < 1.29 is 28.6 Å². The van der Waals surface area contributed by atoms with Crippen LogP contribution in [0, 0.1) is 5.92 Å². The van der Waals surface area contributed by atoms with E-state index in [0.29, 0.717) is 23.3 Å². The van der Waals surface area contributed by atoms with Gasteiger partial charge in [0, 0.05) is 77.6 Å². The van der Waals surface area contributed by atoms with E-state index in [1.54, 1.807) is 0 Å². The SMILES string of the molecule is CCCC(=O)CCCCCCOC12CC3CC(OCCCCCCC(=O)CCC)(C1)CC(OCCCCCCC(=O)CCC)(C3)C2. The second-order valence-electron chi connectivity index (χ2n) is 15.5. The maximum atomic E-state index is 11.9. The molecule has 0 spiro atoms. The monoisotopic (exact) mass is 647 g/mol. The van der Waals surface area contributed by atoms with Crippen LogP contribution in [0.25, 0.3) is 0 Å². The number of ketones is 3. The number of carbonyl (C=O) groups is 3. The highest BCUT2D eigenvalue weighted by Gasteiger charge is 2.65. The van der Waals surface area contributed by atoms with Gasteiger partial charge >= 0.3 is 0 Å². The fourth-order valence-electron chi connectivity index (χ4n) is 9.07. The highest BCUT2D eigenvalue weighted by atomic mass is 16.5. The quantitative estimate of drug-likeness (QED) is 0.0723. The second kappa shape index (κ2) is 21.1. The molecule has 0 aromatic heterocycles. The second-order valence-corrected chi connectivity index (χ2v) is 15.5. The van der Waals surface area contributed by atoms with Gasteiger partial charge in [-0.05, 0) is 83.0 Å². The summed E-state index contributed by atoms with van der Waals surface area (Å²) in [6.45, 7) is 8.58. The van der Waals surface area contributed by atoms with Gasteiger partial charge < -0.3 is 14.2 Å². The topological polar surface area (TPSA) is 78.9 Å². The number of hydrogen-bond donors (Lipinski definition) is 0. The molecule has 0 amide bonds. The Balaban J connectivity index is 1.48. The molecule has 4 aliphatic rings. The molecule has 6 nitrogen and oxygen atoms in total. The number of hydrogen-bond acceptors (Lipinski definition) is 6. The molecule has 4 saturated carbocycles. The highest BCUT2D eigenvalue weighted by Crippen LogP contribution is 2.63. The van der Waals surface area contributed by atoms with Crippen LogP contribution < -0.4 is 0 Å². The van der Waals surface area contributed by atoms with Gasteiger partial charge in [0.25, 0.3) is 0 Å². The lowest BCUT2D eigenvalue weighted by Crippen LogP contribution is -2.68. The van der Waals surface area contributed by atoms with Crippen molar-refractivity contribution >= 4 is 17.3 Å². The van der Waals surface area contributed by atoms with Gasteiger partial charge in [-0.2, -0.15) is 0 Å². The molecule has 0 aromatic carbocycles. The summed E-state index contributed by atoms with van der Waals surface area (Å²) >= 11 is 0. The summed E-state index contributed by atoms with van der Waals surface area (Å²) in [5.74, 6) is 1.82. The number of Topliss-reactive ketones (excluding diaryl/α,β-unsaturated/α-hetero) is 3. The Morgan fingerprint density at radius 1 is 0.435 bits per heavy atom. The predicted octanol–water partition coefficient (Wildman–Crippen LogP) is 10.2. The summed E-state index contributed by atoms with van der Waals surface area (Å²) < 4.78 is 20.6. The van der Waals surface area contributed by atoms with Gasteiger partial charge in [-0.25, -0.2) is 0 Å². The van der Waals surface area contributed by atoms with E-state index in [-0.39, 0.29) is 16.8 Å². The highest BCUT2D eigenvalue weighted by molar-refractivity contribution is 5.78. The Kier molecular flexibility index (Phi) is 18.0. The van der Waals surface area contributed by atoms with Crippen LogP contribution in [0.3, 0.4) is 0 Å². The van der Waals surface area contributed by atoms with E-state index in [9.17, 15) is 14.4 Å². The third-order valence-electron chi connectivity index (χ3n) is 10.8. The molecular formula is C40H70O6. The first kappa shape index (κ1) is 39.3. The van der Waals surface area contributed by atoms with Crippen molar-refractivity contribution in [3.63, 3.8) is 0 Å². The van der Waals surface area contributed by atoms with E-state index < -0.39 is 0 Å². The zero-order valence-electron chi connectivity index (χ0n) is 30.2. The molecule has 0 unspecified atom stereocenters. The van der Waals surface area contributed by atoms with Gasteiger partial charge in [-0.1, -0.05) is 59.3 Å². The minimum absolute atomic E-state index is 0.143. The summed E-state index contributed by atoms with van der Waals surface area (Å²) in [7, 11) is 0. The van der Waals surface area contributed by atoms with Crippen molar-refractivity contribution in [2.45, 2.75) is 211 Å². The van der Waals surface area contributed by atoms with Crippen LogP contribution in [-0.4, -0.2) is 54.0 Å². The molecular weight excluding hydrogens is 576 g/mol. The molecule has 0 N–H and O–H groups in total. The Morgan fingerprint density at radius 3 is 1.00 bits per heavy atom. The predicted molar refractivity (Wildman–Crippen MR) is 186 cm³/mol. The third-order valence-corrected chi connectivity index (χ3v) is 10.8. The van der Waals surface area contributed by atoms with Crippen LogP contribution in [0.5, 0.6) is 0 Å². The summed E-state index contributed by atoms with van der Waals surface area (Å²) in [5, 5.41) is 0. The van der Waals surface area contributed by atoms with Crippen LogP contribution in [0.2, 0.25) is 0 Å². The zero-order chi connectivity index (χ0) is 33.1. The smallest absolute Gasteiger partial charge is 0.132 e. The lowest BCUT2D eigenvalue weighted by molar-refractivity contribution is -0.291. The standard InChI is InChI=1S/C40H70O6/c1-4-19-35(41)22-13-7-10-16-25-44-38-28-34-29-39(31-38,45-26-17-11-8-14-23-36(42)20-5-2)33-40(30-34,32-38)46-27-18-12-9-15-24-37(43)21-6-3/h34H,4-33H2,1-3H3. The van der Waals surface area contributed by atoms with Gasteiger partial charge in [0.1, 0.15) is 17.3 Å². The lowest BCUT2D eigenvalue weighted by atomic mass is 9.50. The number of ether oxygens (including phenoxy) is 3. The third kappa shape index (κ3) is 13.8. The molecule has 0 atom stereocenters. The van der Waals surface area contributed by atoms with E-state index >= 15 is 0 Å². The Bertz CT molecular complexity index is 776. The Hall–Kier alpha value is -1.11. The van der Waals surface area contributed by atoms with Gasteiger partial charge in [-0.3, -0.25) is 14.4 Å². The molecule has 0 aromatic rings. The molecule has 4 fully saturated rings. The minimum Gasteiger partial charge on any atom is -0.375 e. The van der Waals surface area contributed by atoms with Crippen LogP contribution in [-0.2, 0) is 28.6 Å². The molecule has 46 heavy (non-hydrogen) atoms. The maximum Gasteiger partial charge on any atom is 0.132 e. The fourth-order valence-corrected chi connectivity index (χ4v) is 9.07. The lowest BCUT2D eigenvalue weighted by Gasteiger charge is -2.65. The fraction of sp³-hybridized carbons (Fsp3) is 0.925. The first-order valence-electron chi connectivity index (χ1n) is 19.7. The van der Waals surface area contributed by atoms with E-state index in [0.717, 1.165) is 193 Å². The summed E-state index contributed by atoms with van der Waals surface area (Å²) in [5.41, 5.74) is -0.429. The van der Waals surface area contributed by atoms with Crippen LogP contribution in [0.15, 0.2) is 0 Å². The number of unbranched alkanes of at least 4 members (excludes halogenated alkanes) is 9. The van der Waals surface area contributed by atoms with Gasteiger partial charge in [0.2, 0.25) is 0 Å². The average Bonchev–Trinajstić information content (AvgIpc) is 2.99. The maximum absolute atomic E-state index is 11.9. The number of rotatable bonds is 30. The molecule has 266 valence electrons. The normalized spacial score (nSPS) is 26.5. The van der Waals surface area contributed by atoms with Crippen molar-refractivity contribution in [2.75, 3.05) is 19.8 Å². The largest absolute Gasteiger partial charge is 0.375 e. The summed E-state index contributed by atoms with van der Waals surface area (Å²) in [4.78, 5) is 35.6. The van der Waals surface area contributed by atoms with E-state index in [1.165, 1.54) is 0 Å². The summed E-state index contributed by atoms with van der Waals surface area (Å²) in [6.07, 6.45) is 26.4. The van der Waals surface area contributed by atoms with Crippen molar-refractivity contribution in [1.82, 2.24) is 0 Å². The molecule has 6 heteroatoms. The average molecular weight is 647 g/mol. The van der Waals surface area contributed by atoms with E-state index in [2.05, 4.69) is 20.8 Å². The first-order chi connectivity index (χ1) is 22.3. The van der Waals surface area contributed by atoms with Crippen LogP contribution >= 0.6 is 0 Å². The molecule has 0 radical (unpaired) electrons. The van der Waals surface area contributed by atoms with Gasteiger partial charge in [0.05, 0.1) is 16.8 Å². The van der Waals surface area contributed by atoms with Gasteiger partial charge in [-0.15, -0.1) is 0 Å². The molecule has 4 rings (SSSR count). The molecule has 0 saturated heterocycles. The first-order valence-corrected chi connectivity index (χ1v) is 19.7. The molecule has 4 bridgehead atoms. The van der Waals surface area contributed by atoms with Crippen molar-refractivity contribution in [2.24, 2.45) is 5.92 Å². The number of carbonyl (C=O) groups excluding carboxylic acids is 3. The van der Waals surface area contributed by atoms with Crippen molar-refractivity contribution in [3.8, 4) is 0 Å². The molecule has 0 heterocycles. The summed E-state index contributed by atoms with van der Waals surface area (Å²) in [6, 6.07) is 0. The van der Waals surface area contributed by atoms with Crippen molar-refractivity contribution in [3.05, 3.63) is 0 Å². The van der Waals surface area contributed by atoms with E-state index in [4.69, 9.17) is 14.2 Å². The molecule has 0 aliphatic heterocycles. The Morgan fingerprint density at radius 2 is 0.717 bits per heavy atom. The van der Waals surface area contributed by atoms with Gasteiger partial charge in [0.15, 0.2) is 0 Å². The van der Waals surface area contributed by atoms with Crippen LogP contribution in [0.4, 0.5) is 0 Å². The van der Waals surface area contributed by atoms with Crippen LogP contribution in [0.1, 0.15) is 194 Å². The Labute approximate surface area is 282 Å². The van der Waals surface area contributed by atoms with Crippen molar-refractivity contribution in [1.29, 1.82) is 0 Å². The zero-order valence-corrected chi connectivity index (χ0v) is 30.2. The minimum atomic E-state index is -0.143. The molecule has 4 aliphatic carbocycles.